The maximum absolute atomic E-state index is 3.68. The van der Waals surface area contributed by atoms with Gasteiger partial charge in [-0.3, -0.25) is 0 Å². The summed E-state index contributed by atoms with van der Waals surface area (Å²) >= 11 is 1.76. The normalized spacial score (nSPS) is 10.5. The molecule has 0 nitrogen and oxygen atoms in total. The number of rotatable bonds is 5. The monoisotopic (exact) mass is 190 g/mol. The summed E-state index contributed by atoms with van der Waals surface area (Å²) in [6.07, 6.45) is 6.27. The fourth-order valence-corrected chi connectivity index (χ4v) is 1.61. The van der Waals surface area contributed by atoms with Crippen molar-refractivity contribution < 1.29 is 0 Å². The Bertz CT molecular complexity index is 262. The standard InChI is InChI=1S/C12H14S/c1-2-3-4-8-11-13-12-9-6-5-7-10-12/h2,5-11H,1,3-4H2/b11-8+. The number of thioether (sulfide) groups is 1. The Labute approximate surface area is 84.4 Å². The van der Waals surface area contributed by atoms with Gasteiger partial charge in [0.25, 0.3) is 0 Å². The lowest BCUT2D eigenvalue weighted by Crippen LogP contribution is -1.65. The molecule has 0 fully saturated rings. The highest BCUT2D eigenvalue weighted by Crippen LogP contribution is 2.18. The second-order valence-electron chi connectivity index (χ2n) is 2.67. The molecule has 0 aliphatic rings. The SMILES string of the molecule is C=CCC/C=C/Sc1ccccc1. The van der Waals surface area contributed by atoms with Crippen LogP contribution >= 0.6 is 11.8 Å². The van der Waals surface area contributed by atoms with E-state index in [-0.39, 0.29) is 0 Å². The molecule has 0 bridgehead atoms. The smallest absolute Gasteiger partial charge is 0.0116 e. The van der Waals surface area contributed by atoms with Crippen molar-refractivity contribution in [2.45, 2.75) is 17.7 Å². The molecule has 0 aromatic heterocycles. The summed E-state index contributed by atoms with van der Waals surface area (Å²) in [5, 5.41) is 2.14. The van der Waals surface area contributed by atoms with Gasteiger partial charge in [0, 0.05) is 4.90 Å². The molecule has 1 aromatic rings. The van der Waals surface area contributed by atoms with Gasteiger partial charge in [0.15, 0.2) is 0 Å². The van der Waals surface area contributed by atoms with Gasteiger partial charge in [-0.1, -0.05) is 42.1 Å². The van der Waals surface area contributed by atoms with Gasteiger partial charge in [-0.15, -0.1) is 6.58 Å². The lowest BCUT2D eigenvalue weighted by atomic mass is 10.3. The maximum Gasteiger partial charge on any atom is 0.0116 e. The highest BCUT2D eigenvalue weighted by atomic mass is 32.2. The predicted octanol–water partition coefficient (Wildman–Crippen LogP) is 4.26. The highest BCUT2D eigenvalue weighted by molar-refractivity contribution is 8.02. The van der Waals surface area contributed by atoms with Crippen molar-refractivity contribution in [3.8, 4) is 0 Å². The Hall–Kier alpha value is -0.950. The molecular formula is C12H14S. The van der Waals surface area contributed by atoms with Crippen molar-refractivity contribution in [3.05, 3.63) is 54.5 Å². The zero-order valence-electron chi connectivity index (χ0n) is 7.65. The second-order valence-corrected chi connectivity index (χ2v) is 3.65. The van der Waals surface area contributed by atoms with Crippen LogP contribution in [-0.4, -0.2) is 0 Å². The first-order valence-corrected chi connectivity index (χ1v) is 5.29. The Morgan fingerprint density at radius 2 is 1.92 bits per heavy atom. The van der Waals surface area contributed by atoms with Crippen LogP contribution in [0, 0.1) is 0 Å². The van der Waals surface area contributed by atoms with E-state index in [2.05, 4.69) is 42.3 Å². The molecular weight excluding hydrogens is 176 g/mol. The van der Waals surface area contributed by atoms with Gasteiger partial charge in [-0.05, 0) is 30.4 Å². The second kappa shape index (κ2) is 6.55. The maximum atomic E-state index is 3.68. The summed E-state index contributed by atoms with van der Waals surface area (Å²) < 4.78 is 0. The number of benzene rings is 1. The number of allylic oxidation sites excluding steroid dienone is 2. The summed E-state index contributed by atoms with van der Waals surface area (Å²) in [4.78, 5) is 1.29. The van der Waals surface area contributed by atoms with Gasteiger partial charge in [-0.2, -0.15) is 0 Å². The molecule has 0 saturated carbocycles. The Morgan fingerprint density at radius 3 is 2.62 bits per heavy atom. The van der Waals surface area contributed by atoms with Crippen LogP contribution in [0.25, 0.3) is 0 Å². The van der Waals surface area contributed by atoms with Crippen LogP contribution in [0.4, 0.5) is 0 Å². The summed E-state index contributed by atoms with van der Waals surface area (Å²) in [7, 11) is 0. The van der Waals surface area contributed by atoms with E-state index >= 15 is 0 Å². The van der Waals surface area contributed by atoms with Crippen molar-refractivity contribution in [1.29, 1.82) is 0 Å². The third-order valence-electron chi connectivity index (χ3n) is 1.58. The molecule has 0 N–H and O–H groups in total. The average Bonchev–Trinajstić information content (AvgIpc) is 2.19. The van der Waals surface area contributed by atoms with Crippen LogP contribution in [0.1, 0.15) is 12.8 Å². The molecule has 0 aliphatic carbocycles. The predicted molar refractivity (Wildman–Crippen MR) is 60.9 cm³/mol. The number of hydrogen-bond acceptors (Lipinski definition) is 1. The van der Waals surface area contributed by atoms with Gasteiger partial charge >= 0.3 is 0 Å². The first kappa shape index (κ1) is 10.1. The molecule has 13 heavy (non-hydrogen) atoms. The van der Waals surface area contributed by atoms with E-state index in [1.165, 1.54) is 4.90 Å². The Kier molecular flexibility index (Phi) is 5.11. The zero-order valence-corrected chi connectivity index (χ0v) is 8.46. The molecule has 0 saturated heterocycles. The minimum atomic E-state index is 1.06. The van der Waals surface area contributed by atoms with Gasteiger partial charge in [0.1, 0.15) is 0 Å². The van der Waals surface area contributed by atoms with E-state index in [1.807, 2.05) is 12.1 Å². The third-order valence-corrected chi connectivity index (χ3v) is 2.45. The number of hydrogen-bond donors (Lipinski definition) is 0. The fourth-order valence-electron chi connectivity index (χ4n) is 0.908. The Morgan fingerprint density at radius 1 is 1.15 bits per heavy atom. The molecule has 0 aliphatic heterocycles. The quantitative estimate of drug-likeness (QED) is 0.380. The highest BCUT2D eigenvalue weighted by Gasteiger charge is 1.85. The van der Waals surface area contributed by atoms with Gasteiger partial charge in [-0.25, -0.2) is 0 Å². The van der Waals surface area contributed by atoms with Crippen LogP contribution in [-0.2, 0) is 0 Å². The first-order chi connectivity index (χ1) is 6.43. The minimum Gasteiger partial charge on any atom is -0.103 e. The molecule has 0 atom stereocenters. The zero-order chi connectivity index (χ0) is 9.36. The Balaban J connectivity index is 2.26. The number of unbranched alkanes of at least 4 members (excludes halogenated alkanes) is 1. The fraction of sp³-hybridized carbons (Fsp3) is 0.167. The first-order valence-electron chi connectivity index (χ1n) is 4.41. The van der Waals surface area contributed by atoms with Gasteiger partial charge in [0.05, 0.1) is 0 Å². The van der Waals surface area contributed by atoms with Crippen LogP contribution in [0.3, 0.4) is 0 Å². The van der Waals surface area contributed by atoms with Crippen LogP contribution in [0.15, 0.2) is 59.4 Å². The summed E-state index contributed by atoms with van der Waals surface area (Å²) in [6, 6.07) is 10.4. The molecule has 1 heteroatoms. The van der Waals surface area contributed by atoms with Crippen LogP contribution < -0.4 is 0 Å². The van der Waals surface area contributed by atoms with E-state index < -0.39 is 0 Å². The topological polar surface area (TPSA) is 0 Å². The summed E-state index contributed by atoms with van der Waals surface area (Å²) in [5.41, 5.74) is 0. The van der Waals surface area contributed by atoms with Crippen molar-refractivity contribution in [2.24, 2.45) is 0 Å². The summed E-state index contributed by atoms with van der Waals surface area (Å²) in [6.45, 7) is 3.68. The van der Waals surface area contributed by atoms with Crippen LogP contribution in [0.5, 0.6) is 0 Å². The average molecular weight is 190 g/mol. The van der Waals surface area contributed by atoms with Crippen molar-refractivity contribution >= 4 is 11.8 Å². The lowest BCUT2D eigenvalue weighted by molar-refractivity contribution is 1.06. The van der Waals surface area contributed by atoms with Gasteiger partial charge < -0.3 is 0 Å². The van der Waals surface area contributed by atoms with E-state index in [9.17, 15) is 0 Å². The molecule has 0 spiro atoms. The van der Waals surface area contributed by atoms with Crippen molar-refractivity contribution in [2.75, 3.05) is 0 Å². The molecule has 1 aromatic carbocycles. The molecule has 0 unspecified atom stereocenters. The summed E-state index contributed by atoms with van der Waals surface area (Å²) in [5.74, 6) is 0. The minimum absolute atomic E-state index is 1.06. The van der Waals surface area contributed by atoms with E-state index in [4.69, 9.17) is 0 Å². The molecule has 0 amide bonds. The van der Waals surface area contributed by atoms with E-state index in [1.54, 1.807) is 11.8 Å². The van der Waals surface area contributed by atoms with Gasteiger partial charge in [0.2, 0.25) is 0 Å². The van der Waals surface area contributed by atoms with Crippen LogP contribution in [0.2, 0.25) is 0 Å². The van der Waals surface area contributed by atoms with E-state index in [0.29, 0.717) is 0 Å². The lowest BCUT2D eigenvalue weighted by Gasteiger charge is -1.93. The molecule has 68 valence electrons. The molecule has 1 rings (SSSR count). The third kappa shape index (κ3) is 4.58. The molecule has 0 heterocycles. The van der Waals surface area contributed by atoms with Crippen molar-refractivity contribution in [1.82, 2.24) is 0 Å². The van der Waals surface area contributed by atoms with Crippen molar-refractivity contribution in [3.63, 3.8) is 0 Å². The largest absolute Gasteiger partial charge is 0.103 e. The molecule has 0 radical (unpaired) electrons. The van der Waals surface area contributed by atoms with E-state index in [0.717, 1.165) is 12.8 Å².